The lowest BCUT2D eigenvalue weighted by Gasteiger charge is -2.12. The summed E-state index contributed by atoms with van der Waals surface area (Å²) in [6.45, 7) is 1.47. The van der Waals surface area contributed by atoms with Crippen LogP contribution in [0.4, 0.5) is 21.7 Å². The van der Waals surface area contributed by atoms with Crippen molar-refractivity contribution in [3.8, 4) is 11.3 Å². The lowest BCUT2D eigenvalue weighted by Crippen LogP contribution is -2.26. The van der Waals surface area contributed by atoms with Gasteiger partial charge in [0.2, 0.25) is 5.95 Å². The van der Waals surface area contributed by atoms with Gasteiger partial charge in [0, 0.05) is 30.6 Å². The van der Waals surface area contributed by atoms with Crippen molar-refractivity contribution in [1.29, 1.82) is 0 Å². The number of fused-ring (bicyclic) bond motifs is 9. The molecule has 0 aliphatic carbocycles. The number of halogens is 1. The number of carbonyl (C=O) groups is 1. The van der Waals surface area contributed by atoms with Crippen molar-refractivity contribution in [3.63, 3.8) is 0 Å². The molecular weight excluding hydrogens is 385 g/mol. The van der Waals surface area contributed by atoms with Crippen molar-refractivity contribution in [2.75, 3.05) is 24.2 Å². The van der Waals surface area contributed by atoms with Gasteiger partial charge in [0.15, 0.2) is 5.82 Å². The van der Waals surface area contributed by atoms with E-state index in [-0.39, 0.29) is 11.3 Å². The van der Waals surface area contributed by atoms with Crippen molar-refractivity contribution in [1.82, 2.24) is 15.3 Å². The summed E-state index contributed by atoms with van der Waals surface area (Å²) in [7, 11) is 0. The van der Waals surface area contributed by atoms with Gasteiger partial charge in [-0.25, -0.2) is 14.4 Å². The van der Waals surface area contributed by atoms with Crippen LogP contribution < -0.4 is 16.4 Å². The van der Waals surface area contributed by atoms with Crippen LogP contribution in [0, 0.1) is 5.82 Å². The highest BCUT2D eigenvalue weighted by Crippen LogP contribution is 2.29. The first-order valence-corrected chi connectivity index (χ1v) is 9.75. The first-order valence-electron chi connectivity index (χ1n) is 9.75. The van der Waals surface area contributed by atoms with E-state index in [2.05, 4.69) is 20.6 Å². The van der Waals surface area contributed by atoms with Gasteiger partial charge in [0.1, 0.15) is 0 Å². The Kier molecular flexibility index (Phi) is 5.85. The number of rotatable bonds is 0. The topological polar surface area (TPSA) is 102 Å². The van der Waals surface area contributed by atoms with Gasteiger partial charge in [-0.05, 0) is 48.7 Å². The third-order valence-electron chi connectivity index (χ3n) is 4.81. The van der Waals surface area contributed by atoms with E-state index in [4.69, 9.17) is 10.5 Å². The number of carbonyl (C=O) groups excluding carboxylic acids is 1. The Labute approximate surface area is 173 Å². The van der Waals surface area contributed by atoms with Crippen LogP contribution in [0.15, 0.2) is 48.7 Å². The molecule has 0 radical (unpaired) electrons. The fourth-order valence-electron chi connectivity index (χ4n) is 3.24. The molecule has 0 atom stereocenters. The molecule has 0 fully saturated rings. The van der Waals surface area contributed by atoms with Gasteiger partial charge in [0.05, 0.1) is 23.6 Å². The van der Waals surface area contributed by atoms with Crippen LogP contribution in [0.5, 0.6) is 0 Å². The van der Waals surface area contributed by atoms with Crippen molar-refractivity contribution in [3.05, 3.63) is 65.6 Å². The molecule has 1 aromatic heterocycles. The molecule has 2 aromatic carbocycles. The monoisotopic (exact) mass is 407 g/mol. The number of nitrogens with one attached hydrogen (secondary N) is 2. The van der Waals surface area contributed by atoms with Gasteiger partial charge in [-0.3, -0.25) is 4.79 Å². The first kappa shape index (κ1) is 19.8. The van der Waals surface area contributed by atoms with E-state index in [9.17, 15) is 9.18 Å². The van der Waals surface area contributed by atoms with Crippen molar-refractivity contribution < 1.29 is 13.9 Å². The molecule has 8 heteroatoms. The second-order valence-corrected chi connectivity index (χ2v) is 6.99. The Bertz CT molecular complexity index is 1070. The van der Waals surface area contributed by atoms with E-state index in [1.807, 2.05) is 24.3 Å². The zero-order valence-corrected chi connectivity index (χ0v) is 16.3. The van der Waals surface area contributed by atoms with Gasteiger partial charge in [-0.1, -0.05) is 12.1 Å². The molecule has 5 rings (SSSR count). The Morgan fingerprint density at radius 1 is 1.10 bits per heavy atom. The van der Waals surface area contributed by atoms with Gasteiger partial charge >= 0.3 is 0 Å². The van der Waals surface area contributed by atoms with Gasteiger partial charge in [-0.15, -0.1) is 0 Å². The zero-order valence-electron chi connectivity index (χ0n) is 16.3. The third-order valence-corrected chi connectivity index (χ3v) is 4.81. The fraction of sp³-hybridized carbons (Fsp3) is 0.227. The molecule has 0 unspecified atom stereocenters. The number of hydrogen-bond donors (Lipinski definition) is 3. The summed E-state index contributed by atoms with van der Waals surface area (Å²) in [4.78, 5) is 21.0. The summed E-state index contributed by atoms with van der Waals surface area (Å²) in [5.74, 6) is -0.900. The second kappa shape index (κ2) is 8.87. The minimum Gasteiger partial charge on any atom is -0.396 e. The fourth-order valence-corrected chi connectivity index (χ4v) is 3.24. The molecule has 6 bridgehead atoms. The van der Waals surface area contributed by atoms with E-state index in [1.54, 1.807) is 18.3 Å². The molecule has 154 valence electrons. The van der Waals surface area contributed by atoms with Crippen LogP contribution in [-0.4, -0.2) is 29.0 Å². The normalized spacial score (nSPS) is 14.8. The highest BCUT2D eigenvalue weighted by molar-refractivity contribution is 5.97. The molecule has 30 heavy (non-hydrogen) atoms. The van der Waals surface area contributed by atoms with Gasteiger partial charge in [0.25, 0.3) is 5.91 Å². The van der Waals surface area contributed by atoms with Crippen LogP contribution in [0.25, 0.3) is 11.3 Å². The molecule has 0 saturated heterocycles. The SMILES string of the molecule is Nc1c2ccc(c1F)C(=O)NCCCCOCc1cccc(c1)Nc1nccc-2n1. The van der Waals surface area contributed by atoms with Crippen LogP contribution in [-0.2, 0) is 11.3 Å². The zero-order chi connectivity index (χ0) is 20.9. The summed E-state index contributed by atoms with van der Waals surface area (Å²) in [5, 5.41) is 5.88. The highest BCUT2D eigenvalue weighted by atomic mass is 19.1. The molecule has 2 aliphatic rings. The first-order chi connectivity index (χ1) is 14.6. The summed E-state index contributed by atoms with van der Waals surface area (Å²) < 4.78 is 20.5. The summed E-state index contributed by atoms with van der Waals surface area (Å²) in [6.07, 6.45) is 3.07. The summed E-state index contributed by atoms with van der Waals surface area (Å²) >= 11 is 0. The number of anilines is 3. The van der Waals surface area contributed by atoms with E-state index >= 15 is 0 Å². The molecule has 0 saturated carbocycles. The molecule has 1 amide bonds. The molecule has 3 heterocycles. The highest BCUT2D eigenvalue weighted by Gasteiger charge is 2.18. The van der Waals surface area contributed by atoms with Gasteiger partial charge in [-0.2, -0.15) is 0 Å². The maximum absolute atomic E-state index is 14.8. The largest absolute Gasteiger partial charge is 0.396 e. The number of nitrogens with two attached hydrogens (primary N) is 1. The van der Waals surface area contributed by atoms with E-state index in [0.717, 1.165) is 24.1 Å². The predicted molar refractivity (Wildman–Crippen MR) is 113 cm³/mol. The average Bonchev–Trinajstić information content (AvgIpc) is 2.74. The van der Waals surface area contributed by atoms with E-state index in [1.165, 1.54) is 6.07 Å². The van der Waals surface area contributed by atoms with Crippen molar-refractivity contribution in [2.24, 2.45) is 0 Å². The molecular formula is C22H22FN5O2. The lowest BCUT2D eigenvalue weighted by atomic mass is 10.0. The molecule has 4 N–H and O–H groups in total. The minimum absolute atomic E-state index is 0.0890. The Morgan fingerprint density at radius 3 is 2.87 bits per heavy atom. The summed E-state index contributed by atoms with van der Waals surface area (Å²) in [5.41, 5.74) is 8.48. The number of benzene rings is 2. The number of hydrogen-bond acceptors (Lipinski definition) is 6. The number of ether oxygens (including phenoxy) is 1. The number of aromatic nitrogens is 2. The average molecular weight is 407 g/mol. The van der Waals surface area contributed by atoms with Crippen molar-refractivity contribution >= 4 is 23.2 Å². The second-order valence-electron chi connectivity index (χ2n) is 6.99. The Hall–Kier alpha value is -3.52. The standard InChI is InChI=1S/C22H22FN5O2/c23-19-17-7-6-16(20(19)24)18-8-10-26-22(28-18)27-15-5-3-4-14(12-15)13-30-11-2-1-9-25-21(17)29/h3-8,10,12H,1-2,9,11,13,24H2,(H,25,29)(H,26,27,28). The number of nitrogens with zero attached hydrogens (tertiary/aromatic N) is 2. The Morgan fingerprint density at radius 2 is 1.97 bits per heavy atom. The third kappa shape index (κ3) is 4.38. The maximum atomic E-state index is 14.8. The molecule has 2 aliphatic heterocycles. The minimum atomic E-state index is -0.757. The van der Waals surface area contributed by atoms with Crippen LogP contribution in [0.2, 0.25) is 0 Å². The molecule has 0 spiro atoms. The lowest BCUT2D eigenvalue weighted by molar-refractivity contribution is 0.0942. The smallest absolute Gasteiger partial charge is 0.254 e. The van der Waals surface area contributed by atoms with Crippen LogP contribution in [0.3, 0.4) is 0 Å². The maximum Gasteiger partial charge on any atom is 0.254 e. The number of amides is 1. The quantitative estimate of drug-likeness (QED) is 0.492. The van der Waals surface area contributed by atoms with Crippen molar-refractivity contribution in [2.45, 2.75) is 19.4 Å². The predicted octanol–water partition coefficient (Wildman–Crippen LogP) is 3.65. The van der Waals surface area contributed by atoms with Crippen LogP contribution in [0.1, 0.15) is 28.8 Å². The summed E-state index contributed by atoms with van der Waals surface area (Å²) in [6, 6.07) is 12.4. The molecule has 3 aromatic rings. The van der Waals surface area contributed by atoms with Gasteiger partial charge < -0.3 is 21.1 Å². The molecule has 7 nitrogen and oxygen atoms in total. The number of nitrogen functional groups attached to an aromatic ring is 1. The van der Waals surface area contributed by atoms with E-state index < -0.39 is 11.7 Å². The van der Waals surface area contributed by atoms with E-state index in [0.29, 0.717) is 37.0 Å². The Balaban J connectivity index is 1.71. The van der Waals surface area contributed by atoms with Crippen LogP contribution >= 0.6 is 0 Å².